The summed E-state index contributed by atoms with van der Waals surface area (Å²) in [4.78, 5) is 0. The van der Waals surface area contributed by atoms with Crippen molar-refractivity contribution in [3.05, 3.63) is 59.7 Å². The van der Waals surface area contributed by atoms with Crippen molar-refractivity contribution in [1.29, 1.82) is 0 Å². The maximum absolute atomic E-state index is 6.57. The highest BCUT2D eigenvalue weighted by Crippen LogP contribution is 2.47. The number of hydrogen-bond acceptors (Lipinski definition) is 4. The molecule has 0 saturated heterocycles. The maximum Gasteiger partial charge on any atom is 0.190 e. The van der Waals surface area contributed by atoms with E-state index in [1.165, 1.54) is 43.2 Å². The molecule has 0 aromatic heterocycles. The summed E-state index contributed by atoms with van der Waals surface area (Å²) in [6.45, 7) is 2.69. The minimum Gasteiger partial charge on any atom is -0.494 e. The zero-order valence-electron chi connectivity index (χ0n) is 16.5. The number of rotatable bonds is 4. The first-order valence-electron chi connectivity index (χ1n) is 10.7. The van der Waals surface area contributed by atoms with Crippen LogP contribution < -0.4 is 9.47 Å². The molecule has 2 aromatic rings. The molecular weight excluding hydrogens is 348 g/mol. The predicted octanol–water partition coefficient (Wildman–Crippen LogP) is 5.54. The van der Waals surface area contributed by atoms with Crippen LogP contribution in [-0.2, 0) is 0 Å². The average Bonchev–Trinajstić information content (AvgIpc) is 3.21. The molecule has 0 radical (unpaired) electrons. The van der Waals surface area contributed by atoms with Crippen LogP contribution in [0.15, 0.2) is 53.6 Å². The Morgan fingerprint density at radius 3 is 2.68 bits per heavy atom. The minimum absolute atomic E-state index is 0.0388. The third-order valence-electron chi connectivity index (χ3n) is 6.26. The van der Waals surface area contributed by atoms with Crippen LogP contribution in [0.4, 0.5) is 0 Å². The van der Waals surface area contributed by atoms with Crippen molar-refractivity contribution in [3.8, 4) is 11.5 Å². The molecule has 2 aromatic carbocycles. The zero-order valence-corrected chi connectivity index (χ0v) is 16.5. The van der Waals surface area contributed by atoms with Crippen LogP contribution in [0.1, 0.15) is 62.6 Å². The third kappa shape index (κ3) is 3.15. The fraction of sp³-hybridized carbons (Fsp3) is 0.458. The molecule has 146 valence electrons. The fourth-order valence-corrected chi connectivity index (χ4v) is 4.89. The third-order valence-corrected chi connectivity index (χ3v) is 6.26. The first-order valence-corrected chi connectivity index (χ1v) is 10.7. The van der Waals surface area contributed by atoms with Crippen LogP contribution in [0.2, 0.25) is 0 Å². The molecule has 2 aliphatic heterocycles. The van der Waals surface area contributed by atoms with E-state index in [0.29, 0.717) is 12.5 Å². The van der Waals surface area contributed by atoms with Crippen molar-refractivity contribution in [2.45, 2.75) is 57.7 Å². The lowest BCUT2D eigenvalue weighted by Gasteiger charge is -2.42. The Hall–Kier alpha value is -2.49. The van der Waals surface area contributed by atoms with Crippen LogP contribution in [0, 0.1) is 5.92 Å². The van der Waals surface area contributed by atoms with Crippen LogP contribution in [-0.4, -0.2) is 23.6 Å². The molecule has 5 rings (SSSR count). The summed E-state index contributed by atoms with van der Waals surface area (Å²) in [6.07, 6.45) is 7.37. The van der Waals surface area contributed by atoms with Gasteiger partial charge in [-0.1, -0.05) is 49.6 Å². The summed E-state index contributed by atoms with van der Waals surface area (Å²) in [6, 6.07) is 17.1. The summed E-state index contributed by atoms with van der Waals surface area (Å²) in [5, 5.41) is 7.36. The van der Waals surface area contributed by atoms with E-state index in [1.807, 2.05) is 13.0 Å². The second-order valence-corrected chi connectivity index (χ2v) is 8.05. The van der Waals surface area contributed by atoms with E-state index in [4.69, 9.17) is 14.6 Å². The van der Waals surface area contributed by atoms with Crippen LogP contribution in [0.3, 0.4) is 0 Å². The molecule has 1 aliphatic carbocycles. The standard InChI is InChI=1S/C24H28N2O2/c1-2-27-19-13-14-23-20(15-19)22-16-21(17-9-5-3-6-10-17)25-26(22)24(28-23)18-11-7-4-8-12-18/h3,5-6,9-10,13-15,18,22,24H,2,4,7-8,11-12,16H2,1H3. The monoisotopic (exact) mass is 376 g/mol. The zero-order chi connectivity index (χ0) is 18.9. The first kappa shape index (κ1) is 17.6. The lowest BCUT2D eigenvalue weighted by atomic mass is 9.86. The number of benzene rings is 2. The molecule has 1 fully saturated rings. The molecule has 2 atom stereocenters. The predicted molar refractivity (Wildman–Crippen MR) is 111 cm³/mol. The van der Waals surface area contributed by atoms with Gasteiger partial charge < -0.3 is 9.47 Å². The molecule has 28 heavy (non-hydrogen) atoms. The second-order valence-electron chi connectivity index (χ2n) is 8.05. The summed E-state index contributed by atoms with van der Waals surface area (Å²) in [5.74, 6) is 2.47. The van der Waals surface area contributed by atoms with Gasteiger partial charge in [0.05, 0.1) is 18.4 Å². The highest BCUT2D eigenvalue weighted by Gasteiger charge is 2.43. The quantitative estimate of drug-likeness (QED) is 0.703. The van der Waals surface area contributed by atoms with Crippen molar-refractivity contribution in [3.63, 3.8) is 0 Å². The minimum atomic E-state index is 0.0388. The molecule has 0 bridgehead atoms. The van der Waals surface area contributed by atoms with Gasteiger partial charge in [0, 0.05) is 17.9 Å². The number of hydrogen-bond donors (Lipinski definition) is 0. The highest BCUT2D eigenvalue weighted by atomic mass is 16.5. The van der Waals surface area contributed by atoms with Gasteiger partial charge in [0.15, 0.2) is 6.23 Å². The molecule has 4 heteroatoms. The summed E-state index contributed by atoms with van der Waals surface area (Å²) in [5.41, 5.74) is 3.57. The van der Waals surface area contributed by atoms with E-state index >= 15 is 0 Å². The van der Waals surface area contributed by atoms with Gasteiger partial charge in [0.1, 0.15) is 11.5 Å². The molecular formula is C24H28N2O2. The van der Waals surface area contributed by atoms with Crippen molar-refractivity contribution in [2.75, 3.05) is 6.61 Å². The largest absolute Gasteiger partial charge is 0.494 e. The lowest BCUT2D eigenvalue weighted by Crippen LogP contribution is -2.45. The fourth-order valence-electron chi connectivity index (χ4n) is 4.89. The van der Waals surface area contributed by atoms with E-state index in [0.717, 1.165) is 23.6 Å². The van der Waals surface area contributed by atoms with Crippen molar-refractivity contribution in [2.24, 2.45) is 11.0 Å². The van der Waals surface area contributed by atoms with E-state index in [9.17, 15) is 0 Å². The van der Waals surface area contributed by atoms with Crippen molar-refractivity contribution >= 4 is 5.71 Å². The van der Waals surface area contributed by atoms with Crippen molar-refractivity contribution < 1.29 is 9.47 Å². The Morgan fingerprint density at radius 2 is 1.89 bits per heavy atom. The van der Waals surface area contributed by atoms with E-state index in [-0.39, 0.29) is 12.3 Å². The first-order chi connectivity index (χ1) is 13.8. The Labute approximate surface area is 167 Å². The normalized spacial score (nSPS) is 24.2. The van der Waals surface area contributed by atoms with Gasteiger partial charge in [-0.05, 0) is 43.5 Å². The molecule has 3 aliphatic rings. The Kier molecular flexibility index (Phi) is 4.71. The van der Waals surface area contributed by atoms with E-state index in [2.05, 4.69) is 47.5 Å². The summed E-state index contributed by atoms with van der Waals surface area (Å²) in [7, 11) is 0. The smallest absolute Gasteiger partial charge is 0.190 e. The molecule has 2 heterocycles. The van der Waals surface area contributed by atoms with Gasteiger partial charge in [0.2, 0.25) is 0 Å². The van der Waals surface area contributed by atoms with Crippen molar-refractivity contribution in [1.82, 2.24) is 5.01 Å². The maximum atomic E-state index is 6.57. The Balaban J connectivity index is 1.52. The van der Waals surface area contributed by atoms with Crippen LogP contribution >= 0.6 is 0 Å². The van der Waals surface area contributed by atoms with Gasteiger partial charge >= 0.3 is 0 Å². The number of fused-ring (bicyclic) bond motifs is 3. The van der Waals surface area contributed by atoms with E-state index in [1.54, 1.807) is 0 Å². The second kappa shape index (κ2) is 7.50. The molecule has 1 saturated carbocycles. The van der Waals surface area contributed by atoms with Gasteiger partial charge in [-0.2, -0.15) is 5.10 Å². The number of nitrogens with zero attached hydrogens (tertiary/aromatic N) is 2. The molecule has 0 N–H and O–H groups in total. The van der Waals surface area contributed by atoms with Gasteiger partial charge in [-0.25, -0.2) is 5.01 Å². The molecule has 0 amide bonds. The number of ether oxygens (including phenoxy) is 2. The van der Waals surface area contributed by atoms with Gasteiger partial charge in [-0.3, -0.25) is 0 Å². The van der Waals surface area contributed by atoms with Crippen LogP contribution in [0.5, 0.6) is 11.5 Å². The van der Waals surface area contributed by atoms with Crippen LogP contribution in [0.25, 0.3) is 0 Å². The topological polar surface area (TPSA) is 34.1 Å². The Morgan fingerprint density at radius 1 is 1.07 bits per heavy atom. The Bertz CT molecular complexity index is 858. The molecule has 4 nitrogen and oxygen atoms in total. The summed E-state index contributed by atoms with van der Waals surface area (Å²) >= 11 is 0. The highest BCUT2D eigenvalue weighted by molar-refractivity contribution is 6.01. The van der Waals surface area contributed by atoms with Gasteiger partial charge in [0.25, 0.3) is 0 Å². The van der Waals surface area contributed by atoms with Gasteiger partial charge in [-0.15, -0.1) is 0 Å². The SMILES string of the molecule is CCOc1ccc2c(c1)C1CC(c3ccccc3)=NN1C(C1CCCCC1)O2. The summed E-state index contributed by atoms with van der Waals surface area (Å²) < 4.78 is 12.3. The number of hydrazone groups is 1. The molecule has 2 unspecified atom stereocenters. The van der Waals surface area contributed by atoms with E-state index < -0.39 is 0 Å². The average molecular weight is 377 g/mol. The molecule has 0 spiro atoms. The lowest BCUT2D eigenvalue weighted by molar-refractivity contribution is -0.0644.